The van der Waals surface area contributed by atoms with Crippen LogP contribution in [0, 0.1) is 11.7 Å². The molecule has 92 valence electrons. The third-order valence-corrected chi connectivity index (χ3v) is 3.53. The van der Waals surface area contributed by atoms with Crippen LogP contribution in [-0.2, 0) is 6.42 Å². The van der Waals surface area contributed by atoms with Gasteiger partial charge in [-0.25, -0.2) is 4.39 Å². The van der Waals surface area contributed by atoms with E-state index >= 15 is 0 Å². The van der Waals surface area contributed by atoms with Gasteiger partial charge >= 0.3 is 0 Å². The average molecular weight is 255 g/mol. The molecule has 0 radical (unpaired) electrons. The summed E-state index contributed by atoms with van der Waals surface area (Å²) in [5.41, 5.74) is 0.538. The van der Waals surface area contributed by atoms with E-state index in [2.05, 4.69) is 12.2 Å². The SMILES string of the molecule is OC(Cc1ccc(Cl)cc1F)C1CC=CCC1. The van der Waals surface area contributed by atoms with Gasteiger partial charge in [0.1, 0.15) is 5.82 Å². The van der Waals surface area contributed by atoms with Crippen LogP contribution in [0.15, 0.2) is 30.4 Å². The van der Waals surface area contributed by atoms with Crippen molar-refractivity contribution in [3.05, 3.63) is 46.8 Å². The number of halogens is 2. The van der Waals surface area contributed by atoms with E-state index in [-0.39, 0.29) is 11.7 Å². The molecular weight excluding hydrogens is 239 g/mol. The number of hydrogen-bond acceptors (Lipinski definition) is 1. The van der Waals surface area contributed by atoms with Gasteiger partial charge in [-0.15, -0.1) is 0 Å². The van der Waals surface area contributed by atoms with Gasteiger partial charge in [-0.3, -0.25) is 0 Å². The Kier molecular flexibility index (Phi) is 4.19. The fraction of sp³-hybridized carbons (Fsp3) is 0.429. The van der Waals surface area contributed by atoms with Crippen LogP contribution >= 0.6 is 11.6 Å². The summed E-state index contributed by atoms with van der Waals surface area (Å²) in [6.45, 7) is 0. The van der Waals surface area contributed by atoms with Crippen molar-refractivity contribution in [2.24, 2.45) is 5.92 Å². The van der Waals surface area contributed by atoms with Crippen molar-refractivity contribution < 1.29 is 9.50 Å². The summed E-state index contributed by atoms with van der Waals surface area (Å²) in [5, 5.41) is 10.5. The first-order valence-electron chi connectivity index (χ1n) is 5.94. The summed E-state index contributed by atoms with van der Waals surface area (Å²) in [7, 11) is 0. The molecule has 1 aromatic rings. The Morgan fingerprint density at radius 1 is 1.41 bits per heavy atom. The summed E-state index contributed by atoms with van der Waals surface area (Å²) in [4.78, 5) is 0. The monoisotopic (exact) mass is 254 g/mol. The van der Waals surface area contributed by atoms with Gasteiger partial charge in [-0.2, -0.15) is 0 Å². The molecule has 17 heavy (non-hydrogen) atoms. The molecule has 1 aromatic carbocycles. The molecule has 0 amide bonds. The standard InChI is InChI=1S/C14H16ClFO/c15-12-7-6-11(13(16)9-12)8-14(17)10-4-2-1-3-5-10/h1-2,6-7,9-10,14,17H,3-5,8H2. The molecule has 0 aliphatic heterocycles. The molecule has 0 heterocycles. The zero-order chi connectivity index (χ0) is 12.3. The van der Waals surface area contributed by atoms with Gasteiger partial charge in [0.15, 0.2) is 0 Å². The van der Waals surface area contributed by atoms with Gasteiger partial charge in [0.2, 0.25) is 0 Å². The predicted molar refractivity (Wildman–Crippen MR) is 67.6 cm³/mol. The first-order chi connectivity index (χ1) is 8.16. The fourth-order valence-corrected chi connectivity index (χ4v) is 2.40. The van der Waals surface area contributed by atoms with E-state index < -0.39 is 6.10 Å². The van der Waals surface area contributed by atoms with Crippen LogP contribution in [0.3, 0.4) is 0 Å². The smallest absolute Gasteiger partial charge is 0.127 e. The normalized spacial score (nSPS) is 21.5. The van der Waals surface area contributed by atoms with E-state index in [1.54, 1.807) is 12.1 Å². The van der Waals surface area contributed by atoms with Crippen LogP contribution in [0.1, 0.15) is 24.8 Å². The second-order valence-electron chi connectivity index (χ2n) is 4.55. The minimum Gasteiger partial charge on any atom is -0.392 e. The van der Waals surface area contributed by atoms with Gasteiger partial charge in [-0.1, -0.05) is 29.8 Å². The highest BCUT2D eigenvalue weighted by atomic mass is 35.5. The molecule has 0 fully saturated rings. The lowest BCUT2D eigenvalue weighted by atomic mass is 9.86. The second-order valence-corrected chi connectivity index (χ2v) is 4.99. The lowest BCUT2D eigenvalue weighted by molar-refractivity contribution is 0.101. The Hall–Kier alpha value is -0.860. The lowest BCUT2D eigenvalue weighted by Gasteiger charge is -2.23. The van der Waals surface area contributed by atoms with E-state index in [4.69, 9.17) is 11.6 Å². The van der Waals surface area contributed by atoms with Crippen LogP contribution in [0.25, 0.3) is 0 Å². The highest BCUT2D eigenvalue weighted by Gasteiger charge is 2.20. The number of allylic oxidation sites excluding steroid dienone is 2. The molecule has 2 atom stereocenters. The summed E-state index contributed by atoms with van der Waals surface area (Å²) in [6, 6.07) is 4.61. The minimum absolute atomic E-state index is 0.245. The van der Waals surface area contributed by atoms with E-state index in [1.807, 2.05) is 0 Å². The van der Waals surface area contributed by atoms with E-state index in [1.165, 1.54) is 6.07 Å². The minimum atomic E-state index is -0.476. The Bertz CT molecular complexity index is 417. The van der Waals surface area contributed by atoms with Crippen LogP contribution < -0.4 is 0 Å². The Morgan fingerprint density at radius 2 is 2.24 bits per heavy atom. The van der Waals surface area contributed by atoms with Crippen LogP contribution in [0.2, 0.25) is 5.02 Å². The van der Waals surface area contributed by atoms with E-state index in [0.717, 1.165) is 19.3 Å². The fourth-order valence-electron chi connectivity index (χ4n) is 2.25. The third kappa shape index (κ3) is 3.30. The lowest BCUT2D eigenvalue weighted by Crippen LogP contribution is -2.24. The topological polar surface area (TPSA) is 20.2 Å². The molecule has 1 nitrogen and oxygen atoms in total. The van der Waals surface area contributed by atoms with Gasteiger partial charge in [0.05, 0.1) is 6.10 Å². The Labute approximate surface area is 106 Å². The summed E-state index contributed by atoms with van der Waals surface area (Å²) in [6.07, 6.45) is 6.98. The maximum atomic E-state index is 13.6. The van der Waals surface area contributed by atoms with Crippen molar-refractivity contribution in [2.75, 3.05) is 0 Å². The van der Waals surface area contributed by atoms with Crippen LogP contribution in [0.4, 0.5) is 4.39 Å². The Balaban J connectivity index is 2.02. The van der Waals surface area contributed by atoms with Gasteiger partial charge in [0, 0.05) is 11.4 Å². The van der Waals surface area contributed by atoms with Crippen LogP contribution in [-0.4, -0.2) is 11.2 Å². The molecule has 0 saturated heterocycles. The van der Waals surface area contributed by atoms with Gasteiger partial charge in [-0.05, 0) is 42.9 Å². The Morgan fingerprint density at radius 3 is 2.88 bits per heavy atom. The number of aliphatic hydroxyl groups is 1. The van der Waals surface area contributed by atoms with Crippen molar-refractivity contribution in [3.8, 4) is 0 Å². The average Bonchev–Trinajstić information content (AvgIpc) is 2.34. The van der Waals surface area contributed by atoms with E-state index in [9.17, 15) is 9.50 Å². The second kappa shape index (κ2) is 5.65. The highest BCUT2D eigenvalue weighted by Crippen LogP contribution is 2.25. The van der Waals surface area contributed by atoms with Gasteiger partial charge in [0.25, 0.3) is 0 Å². The number of benzene rings is 1. The quantitative estimate of drug-likeness (QED) is 0.815. The maximum Gasteiger partial charge on any atom is 0.127 e. The first-order valence-corrected chi connectivity index (χ1v) is 6.31. The van der Waals surface area contributed by atoms with Crippen molar-refractivity contribution in [1.82, 2.24) is 0 Å². The molecule has 0 aromatic heterocycles. The number of aliphatic hydroxyl groups excluding tert-OH is 1. The molecule has 2 rings (SSSR count). The summed E-state index contributed by atoms with van der Waals surface area (Å²) >= 11 is 5.69. The predicted octanol–water partition coefficient (Wildman–Crippen LogP) is 3.74. The zero-order valence-electron chi connectivity index (χ0n) is 9.57. The molecule has 0 saturated carbocycles. The number of rotatable bonds is 3. The molecule has 1 aliphatic carbocycles. The first kappa shape index (κ1) is 12.6. The van der Waals surface area contributed by atoms with E-state index in [0.29, 0.717) is 17.0 Å². The molecule has 1 aliphatic rings. The molecule has 0 spiro atoms. The van der Waals surface area contributed by atoms with Crippen molar-refractivity contribution in [3.63, 3.8) is 0 Å². The molecule has 0 bridgehead atoms. The zero-order valence-corrected chi connectivity index (χ0v) is 10.3. The number of hydrogen-bond donors (Lipinski definition) is 1. The largest absolute Gasteiger partial charge is 0.392 e. The van der Waals surface area contributed by atoms with Gasteiger partial charge < -0.3 is 5.11 Å². The van der Waals surface area contributed by atoms with Crippen LogP contribution in [0.5, 0.6) is 0 Å². The van der Waals surface area contributed by atoms with Crippen molar-refractivity contribution in [1.29, 1.82) is 0 Å². The summed E-state index contributed by atoms with van der Waals surface area (Å²) < 4.78 is 13.6. The third-order valence-electron chi connectivity index (χ3n) is 3.30. The molecule has 2 unspecified atom stereocenters. The molecule has 1 N–H and O–H groups in total. The maximum absolute atomic E-state index is 13.6. The molecule has 3 heteroatoms. The van der Waals surface area contributed by atoms with Crippen molar-refractivity contribution in [2.45, 2.75) is 31.8 Å². The summed E-state index contributed by atoms with van der Waals surface area (Å²) in [5.74, 6) is -0.0852. The van der Waals surface area contributed by atoms with Crippen molar-refractivity contribution >= 4 is 11.6 Å². The highest BCUT2D eigenvalue weighted by molar-refractivity contribution is 6.30. The molecular formula is C14H16ClFO.